The van der Waals surface area contributed by atoms with Crippen LogP contribution >= 0.6 is 11.6 Å². The van der Waals surface area contributed by atoms with Crippen molar-refractivity contribution in [1.82, 2.24) is 53.9 Å². The van der Waals surface area contributed by atoms with E-state index in [0.717, 1.165) is 34.3 Å². The van der Waals surface area contributed by atoms with Crippen LogP contribution in [0.1, 0.15) is 106 Å². The fourth-order valence-electron chi connectivity index (χ4n) is 9.00. The van der Waals surface area contributed by atoms with Gasteiger partial charge < -0.3 is 35.6 Å². The second-order valence-corrected chi connectivity index (χ2v) is 21.8. The summed E-state index contributed by atoms with van der Waals surface area (Å²) < 4.78 is 116. The quantitative estimate of drug-likeness (QED) is 0.0475. The minimum absolute atomic E-state index is 0.0913. The third-order valence-electron chi connectivity index (χ3n) is 12.9. The van der Waals surface area contributed by atoms with Crippen LogP contribution in [0.2, 0.25) is 5.15 Å². The van der Waals surface area contributed by atoms with Gasteiger partial charge in [-0.3, -0.25) is 23.6 Å². The van der Waals surface area contributed by atoms with E-state index in [1.165, 1.54) is 90.0 Å². The molecule has 4 aromatic carbocycles. The first-order valence-corrected chi connectivity index (χ1v) is 28.5. The summed E-state index contributed by atoms with van der Waals surface area (Å²) in [6, 6.07) is 23.1. The molecule has 89 heavy (non-hydrogen) atoms. The number of aromatic amines is 2. The number of nitrogens with zero attached hydrogens (tertiary/aromatic N) is 9. The molecule has 0 radical (unpaired) electrons. The number of aliphatic hydroxyl groups is 1. The van der Waals surface area contributed by atoms with Crippen molar-refractivity contribution in [3.8, 4) is 22.9 Å². The minimum atomic E-state index is -4.54. The van der Waals surface area contributed by atoms with Gasteiger partial charge in [0.2, 0.25) is 0 Å². The van der Waals surface area contributed by atoms with Gasteiger partial charge in [0.1, 0.15) is 80.5 Å². The van der Waals surface area contributed by atoms with E-state index in [-0.39, 0.29) is 56.3 Å². The number of fused-ring (bicyclic) bond motifs is 4. The van der Waals surface area contributed by atoms with Crippen molar-refractivity contribution in [2.75, 3.05) is 25.1 Å². The van der Waals surface area contributed by atoms with Crippen molar-refractivity contribution < 1.29 is 49.7 Å². The van der Waals surface area contributed by atoms with E-state index < -0.39 is 66.0 Å². The molecule has 0 amide bonds. The maximum Gasteiger partial charge on any atom is 0.422 e. The molecule has 0 bridgehead atoms. The van der Waals surface area contributed by atoms with Crippen molar-refractivity contribution in [2.45, 2.75) is 124 Å². The number of H-pyrrole nitrogens is 2. The Bertz CT molecular complexity index is 4060. The van der Waals surface area contributed by atoms with Crippen molar-refractivity contribution in [2.24, 2.45) is 5.73 Å². The van der Waals surface area contributed by atoms with Crippen LogP contribution in [0.4, 0.5) is 40.9 Å². The highest BCUT2D eigenvalue weighted by atomic mass is 35.5. The van der Waals surface area contributed by atoms with E-state index in [4.69, 9.17) is 31.9 Å². The van der Waals surface area contributed by atoms with Crippen molar-refractivity contribution in [3.63, 3.8) is 0 Å². The largest absolute Gasteiger partial charge is 0.484 e. The molecule has 0 saturated carbocycles. The maximum atomic E-state index is 14.7. The average Bonchev–Trinajstić information content (AvgIpc) is 1.77. The molecule has 18 nitrogen and oxygen atoms in total. The number of ether oxygens (including phenoxy) is 2. The maximum absolute atomic E-state index is 14.7. The molecule has 6 N–H and O–H groups in total. The number of hydrogen-bond donors (Lipinski definition) is 5. The van der Waals surface area contributed by atoms with Crippen molar-refractivity contribution >= 4 is 61.3 Å². The molecule has 0 fully saturated rings. The van der Waals surface area contributed by atoms with Crippen LogP contribution in [0.3, 0.4) is 0 Å². The first kappa shape index (κ1) is 69.5. The highest BCUT2D eigenvalue weighted by Crippen LogP contribution is 2.30. The summed E-state index contributed by atoms with van der Waals surface area (Å²) in [5, 5.41) is 13.4. The van der Waals surface area contributed by atoms with E-state index >= 15 is 0 Å². The monoisotopic (exact) mass is 1260 g/mol. The van der Waals surface area contributed by atoms with Crippen molar-refractivity contribution in [3.05, 3.63) is 171 Å². The van der Waals surface area contributed by atoms with E-state index in [2.05, 4.69) is 84.7 Å². The van der Waals surface area contributed by atoms with Gasteiger partial charge >= 0.3 is 12.4 Å². The predicted molar refractivity (Wildman–Crippen MR) is 329 cm³/mol. The lowest BCUT2D eigenvalue weighted by molar-refractivity contribution is -0.154. The van der Waals surface area contributed by atoms with Gasteiger partial charge in [-0.25, -0.2) is 38.7 Å². The van der Waals surface area contributed by atoms with Crippen LogP contribution in [-0.2, 0) is 0 Å². The number of aromatic nitrogens is 10. The molecule has 2 atom stereocenters. The normalized spacial score (nSPS) is 12.4. The minimum Gasteiger partial charge on any atom is -0.484 e. The third kappa shape index (κ3) is 19.2. The highest BCUT2D eigenvalue weighted by Gasteiger charge is 2.30. The highest BCUT2D eigenvalue weighted by molar-refractivity contribution is 6.33. The fraction of sp³-hybridized carbons (Fsp3) is 0.355. The molecular weight excluding hydrogens is 1190 g/mol. The Labute approximate surface area is 512 Å². The van der Waals surface area contributed by atoms with Crippen LogP contribution in [0.5, 0.6) is 11.5 Å². The number of hydrogen-bond acceptors (Lipinski definition) is 14. The number of halogens is 9. The van der Waals surface area contributed by atoms with Crippen LogP contribution in [0.15, 0.2) is 132 Å². The lowest BCUT2D eigenvalue weighted by Gasteiger charge is -2.28. The molecule has 0 aliphatic rings. The van der Waals surface area contributed by atoms with Crippen LogP contribution in [-0.4, -0.2) is 109 Å². The van der Waals surface area contributed by atoms with Crippen molar-refractivity contribution in [1.29, 1.82) is 0 Å². The molecule has 0 aliphatic carbocycles. The second kappa shape index (κ2) is 30.6. The summed E-state index contributed by atoms with van der Waals surface area (Å²) in [6.07, 6.45) is -1.85. The van der Waals surface area contributed by atoms with Gasteiger partial charge in [-0.05, 0) is 129 Å². The zero-order chi connectivity index (χ0) is 65.5. The number of nitrogens with two attached hydrogens (primary N) is 1. The number of rotatable bonds is 15. The molecule has 0 aliphatic heterocycles. The zero-order valence-corrected chi connectivity index (χ0v) is 51.2. The van der Waals surface area contributed by atoms with Gasteiger partial charge in [0.05, 0.1) is 50.9 Å². The number of anilines is 1. The summed E-state index contributed by atoms with van der Waals surface area (Å²) in [4.78, 5) is 60.2. The lowest BCUT2D eigenvalue weighted by atomic mass is 10.1. The Morgan fingerprint density at radius 3 is 1.51 bits per heavy atom. The topological polar surface area (TPSA) is 233 Å². The first-order valence-electron chi connectivity index (χ1n) is 28.2. The molecule has 27 heteroatoms. The first-order chi connectivity index (χ1) is 41.9. The van der Waals surface area contributed by atoms with Crippen LogP contribution in [0.25, 0.3) is 55.2 Å². The molecule has 10 rings (SSSR count). The third-order valence-corrected chi connectivity index (χ3v) is 13.2. The smallest absolute Gasteiger partial charge is 0.422 e. The van der Waals surface area contributed by atoms with Crippen LogP contribution in [0, 0.1) is 11.6 Å². The summed E-state index contributed by atoms with van der Waals surface area (Å²) >= 11 is 5.73. The lowest BCUT2D eigenvalue weighted by Crippen LogP contribution is -2.36. The molecule has 0 spiro atoms. The van der Waals surface area contributed by atoms with E-state index in [1.54, 1.807) is 46.2 Å². The van der Waals surface area contributed by atoms with Crippen LogP contribution < -0.4 is 31.6 Å². The Balaban J connectivity index is 0.000000210. The number of benzene rings is 4. The molecule has 0 saturated heterocycles. The summed E-state index contributed by atoms with van der Waals surface area (Å²) in [6.45, 7) is 18.2. The Morgan fingerprint density at radius 1 is 0.640 bits per heavy atom. The van der Waals surface area contributed by atoms with Gasteiger partial charge in [-0.15, -0.1) is 0 Å². The molecule has 10 aromatic rings. The van der Waals surface area contributed by atoms with E-state index in [1.807, 2.05) is 13.0 Å². The molecule has 476 valence electrons. The molecule has 6 aromatic heterocycles. The molecular formula is C62H70ClF8N13O5. The Morgan fingerprint density at radius 2 is 1.08 bits per heavy atom. The van der Waals surface area contributed by atoms with E-state index in [9.17, 15) is 44.7 Å². The molecule has 0 unspecified atom stereocenters. The predicted octanol–water partition coefficient (Wildman–Crippen LogP) is 13.7. The van der Waals surface area contributed by atoms with E-state index in [0.29, 0.717) is 46.9 Å². The van der Waals surface area contributed by atoms with Gasteiger partial charge in [-0.2, -0.15) is 26.3 Å². The second-order valence-electron chi connectivity index (χ2n) is 21.5. The summed E-state index contributed by atoms with van der Waals surface area (Å²) in [5.41, 5.74) is 6.22. The Hall–Kier alpha value is -8.59. The summed E-state index contributed by atoms with van der Waals surface area (Å²) in [5.74, 6) is -0.811. The summed E-state index contributed by atoms with van der Waals surface area (Å²) in [7, 11) is 0. The number of nitrogens with one attached hydrogen (secondary N) is 3. The number of alkyl halides is 6. The zero-order valence-electron chi connectivity index (χ0n) is 50.5. The van der Waals surface area contributed by atoms with Gasteiger partial charge in [0, 0.05) is 36.6 Å². The Kier molecular flexibility index (Phi) is 23.9. The standard InChI is InChI=1S/C25H20F4N6O2.C19H17F4N3O2.C8H19N.C6H4ClN3.C4H10O/c1-2-18(33-22-16-9-10-30-21(16)31-13-32-22)23-34-19-8-4-7-17(26)20(19)24(36)35(23)14-5-3-6-15(11-14)37-12-25(27,28)29;1-2-14(24)17-25-15-8-4-7-13(20)16(15)18(27)26(17)11-5-3-6-12(9-11)28-10-19(21,22)23;1-6-9(7(2)3)8(4)5;7-5-4-1-2-8-6(4)10-3-9-5;1-4(2,3)5/h3-11,13,18H,2,12H2,1H3,(H2,30,31,32,33);3-9,14H,2,10,24H2,1H3;7-8H,6H2,1-5H3;1-3H,(H,8,9,10);5H,1-3H3/t18-;14-;;;/m00.../s1. The van der Waals surface area contributed by atoms with Gasteiger partial charge in [0.15, 0.2) is 13.2 Å². The molecule has 6 heterocycles. The fourth-order valence-corrected chi connectivity index (χ4v) is 9.20. The average molecular weight is 1260 g/mol. The van der Waals surface area contributed by atoms with Gasteiger partial charge in [-0.1, -0.05) is 56.6 Å². The SMILES string of the molecule is CC(C)(C)O.CCN(C(C)C)C(C)C.CC[C@H](N)c1nc2cccc(F)c2c(=O)n1-c1cccc(OCC(F)(F)F)c1.CC[C@H](Nc1ncnc2[nH]ccc12)c1nc2cccc(F)c2c(=O)n1-c1cccc(OCC(F)(F)F)c1.Clc1ncnc2[nH]ccc12. The van der Waals surface area contributed by atoms with Gasteiger partial charge in [0.25, 0.3) is 11.1 Å².